The summed E-state index contributed by atoms with van der Waals surface area (Å²) in [4.78, 5) is 14.4. The molecule has 1 heterocycles. The van der Waals surface area contributed by atoms with Crippen LogP contribution in [0.5, 0.6) is 5.75 Å². The Morgan fingerprint density at radius 1 is 1.03 bits per heavy atom. The van der Waals surface area contributed by atoms with E-state index in [1.54, 1.807) is 35.2 Å². The van der Waals surface area contributed by atoms with E-state index in [0.29, 0.717) is 36.0 Å². The molecule has 9 heteroatoms. The number of amides is 1. The summed E-state index contributed by atoms with van der Waals surface area (Å²) in [5.74, 6) is 0.505. The normalized spacial score (nSPS) is 15.2. The van der Waals surface area contributed by atoms with E-state index in [1.807, 2.05) is 0 Å². The van der Waals surface area contributed by atoms with Crippen LogP contribution in [0.1, 0.15) is 10.4 Å². The Balaban J connectivity index is 1.64. The highest BCUT2D eigenvalue weighted by atomic mass is 35.5. The van der Waals surface area contributed by atoms with Gasteiger partial charge in [0.2, 0.25) is 10.0 Å². The molecule has 0 spiro atoms. The lowest BCUT2D eigenvalue weighted by molar-refractivity contribution is 0.0698. The molecule has 0 aliphatic carbocycles. The van der Waals surface area contributed by atoms with Crippen molar-refractivity contribution in [3.05, 3.63) is 70.7 Å². The topological polar surface area (TPSA) is 66.9 Å². The molecule has 1 aliphatic rings. The number of ether oxygens (including phenoxy) is 1. The molecule has 154 valence electrons. The number of benzene rings is 2. The second kappa shape index (κ2) is 9.17. The van der Waals surface area contributed by atoms with Gasteiger partial charge in [0, 0.05) is 31.7 Å². The Labute approximate surface area is 180 Å². The number of carbonyl (C=O) groups excluding carboxylic acids is 1. The summed E-state index contributed by atoms with van der Waals surface area (Å²) in [5.41, 5.74) is 0.525. The van der Waals surface area contributed by atoms with E-state index in [-0.39, 0.29) is 28.9 Å². The number of nitrogens with zero attached hydrogens (tertiary/aromatic N) is 2. The monoisotopic (exact) mass is 454 g/mol. The van der Waals surface area contributed by atoms with Crippen molar-refractivity contribution >= 4 is 39.1 Å². The molecule has 1 fully saturated rings. The molecule has 6 nitrogen and oxygen atoms in total. The number of carbonyl (C=O) groups is 1. The van der Waals surface area contributed by atoms with Gasteiger partial charge in [-0.1, -0.05) is 35.9 Å². The molecule has 1 aliphatic heterocycles. The Hall–Kier alpha value is -2.06. The number of hydrogen-bond acceptors (Lipinski definition) is 4. The van der Waals surface area contributed by atoms with Gasteiger partial charge in [0.05, 0.1) is 14.9 Å². The Morgan fingerprint density at radius 3 is 2.28 bits per heavy atom. The first-order chi connectivity index (χ1) is 13.8. The average Bonchev–Trinajstić information content (AvgIpc) is 2.74. The molecule has 0 radical (unpaired) electrons. The predicted molar refractivity (Wildman–Crippen MR) is 113 cm³/mol. The van der Waals surface area contributed by atoms with Crippen molar-refractivity contribution in [2.75, 3.05) is 32.8 Å². The third kappa shape index (κ3) is 4.93. The maximum absolute atomic E-state index is 12.8. The lowest BCUT2D eigenvalue weighted by Gasteiger charge is -2.34. The van der Waals surface area contributed by atoms with E-state index >= 15 is 0 Å². The third-order valence-electron chi connectivity index (χ3n) is 4.52. The van der Waals surface area contributed by atoms with Crippen LogP contribution in [0.15, 0.2) is 60.0 Å². The first-order valence-corrected chi connectivity index (χ1v) is 11.1. The minimum Gasteiger partial charge on any atom is -0.490 e. The summed E-state index contributed by atoms with van der Waals surface area (Å²) >= 11 is 11.8. The van der Waals surface area contributed by atoms with Crippen LogP contribution >= 0.6 is 23.2 Å². The van der Waals surface area contributed by atoms with E-state index in [0.717, 1.165) is 0 Å². The molecule has 0 unspecified atom stereocenters. The van der Waals surface area contributed by atoms with Gasteiger partial charge in [-0.25, -0.2) is 8.42 Å². The number of piperazine rings is 1. The molecule has 0 N–H and O–H groups in total. The lowest BCUT2D eigenvalue weighted by Crippen LogP contribution is -2.50. The number of sulfonamides is 1. The average molecular weight is 455 g/mol. The van der Waals surface area contributed by atoms with Crippen molar-refractivity contribution in [2.45, 2.75) is 4.90 Å². The third-order valence-corrected chi connectivity index (χ3v) is 7.16. The fraction of sp³-hybridized carbons (Fsp3) is 0.250. The summed E-state index contributed by atoms with van der Waals surface area (Å²) < 4.78 is 32.4. The van der Waals surface area contributed by atoms with E-state index in [1.165, 1.54) is 22.5 Å². The van der Waals surface area contributed by atoms with Crippen LogP contribution in [0.25, 0.3) is 0 Å². The number of halogens is 2. The highest BCUT2D eigenvalue weighted by Gasteiger charge is 2.30. The lowest BCUT2D eigenvalue weighted by atomic mass is 10.2. The Bertz CT molecular complexity index is 1000. The van der Waals surface area contributed by atoms with Gasteiger partial charge in [-0.15, -0.1) is 0 Å². The summed E-state index contributed by atoms with van der Waals surface area (Å²) in [6.07, 6.45) is 1.64. The molecule has 0 bridgehead atoms. The van der Waals surface area contributed by atoms with Gasteiger partial charge in [0.15, 0.2) is 0 Å². The zero-order valence-corrected chi connectivity index (χ0v) is 17.9. The van der Waals surface area contributed by atoms with E-state index < -0.39 is 10.0 Å². The molecular weight excluding hydrogens is 435 g/mol. The van der Waals surface area contributed by atoms with Gasteiger partial charge in [-0.3, -0.25) is 4.79 Å². The molecule has 0 atom stereocenters. The zero-order valence-electron chi connectivity index (χ0n) is 15.6. The van der Waals surface area contributed by atoms with Crippen molar-refractivity contribution < 1.29 is 17.9 Å². The van der Waals surface area contributed by atoms with Crippen molar-refractivity contribution in [3.63, 3.8) is 0 Å². The molecule has 29 heavy (non-hydrogen) atoms. The smallest absolute Gasteiger partial charge is 0.253 e. The van der Waals surface area contributed by atoms with Crippen LogP contribution in [-0.4, -0.2) is 56.3 Å². The molecular formula is C20H20Cl2N2O4S. The maximum Gasteiger partial charge on any atom is 0.253 e. The van der Waals surface area contributed by atoms with Crippen molar-refractivity contribution in [1.82, 2.24) is 9.21 Å². The molecule has 0 saturated carbocycles. The highest BCUT2D eigenvalue weighted by molar-refractivity contribution is 7.89. The van der Waals surface area contributed by atoms with E-state index in [4.69, 9.17) is 27.9 Å². The SMILES string of the molecule is C=CCOc1ccc(C(=O)N2CCN(S(=O)(=O)c3ccc(Cl)c(Cl)c3)CC2)cc1. The van der Waals surface area contributed by atoms with Crippen LogP contribution in [0.4, 0.5) is 0 Å². The van der Waals surface area contributed by atoms with Crippen LogP contribution in [0, 0.1) is 0 Å². The van der Waals surface area contributed by atoms with E-state index in [9.17, 15) is 13.2 Å². The molecule has 2 aromatic rings. The van der Waals surface area contributed by atoms with Gasteiger partial charge in [-0.2, -0.15) is 4.31 Å². The summed E-state index contributed by atoms with van der Waals surface area (Å²) in [6, 6.07) is 11.1. The largest absolute Gasteiger partial charge is 0.490 e. The Morgan fingerprint density at radius 2 is 1.69 bits per heavy atom. The van der Waals surface area contributed by atoms with Crippen LogP contribution < -0.4 is 4.74 Å². The predicted octanol–water partition coefficient (Wildman–Crippen LogP) is 3.70. The number of hydrogen-bond donors (Lipinski definition) is 0. The van der Waals surface area contributed by atoms with Gasteiger partial charge in [-0.05, 0) is 42.5 Å². The second-order valence-electron chi connectivity index (χ2n) is 6.40. The van der Waals surface area contributed by atoms with Crippen molar-refractivity contribution in [1.29, 1.82) is 0 Å². The Kier molecular flexibility index (Phi) is 6.85. The second-order valence-corrected chi connectivity index (χ2v) is 9.15. The fourth-order valence-electron chi connectivity index (χ4n) is 2.95. The highest BCUT2D eigenvalue weighted by Crippen LogP contribution is 2.27. The maximum atomic E-state index is 12.8. The van der Waals surface area contributed by atoms with Crippen molar-refractivity contribution in [2.24, 2.45) is 0 Å². The van der Waals surface area contributed by atoms with Crippen LogP contribution in [0.2, 0.25) is 10.0 Å². The van der Waals surface area contributed by atoms with Crippen molar-refractivity contribution in [3.8, 4) is 5.75 Å². The zero-order chi connectivity index (χ0) is 21.0. The molecule has 0 aromatic heterocycles. The van der Waals surface area contributed by atoms with Crippen LogP contribution in [0.3, 0.4) is 0 Å². The van der Waals surface area contributed by atoms with Gasteiger partial charge < -0.3 is 9.64 Å². The van der Waals surface area contributed by atoms with Gasteiger partial charge in [0.1, 0.15) is 12.4 Å². The summed E-state index contributed by atoms with van der Waals surface area (Å²) in [7, 11) is -3.70. The fourth-order valence-corrected chi connectivity index (χ4v) is 4.76. The van der Waals surface area contributed by atoms with Gasteiger partial charge in [0.25, 0.3) is 5.91 Å². The van der Waals surface area contributed by atoms with Crippen LogP contribution in [-0.2, 0) is 10.0 Å². The van der Waals surface area contributed by atoms with E-state index in [2.05, 4.69) is 6.58 Å². The molecule has 3 rings (SSSR count). The minimum absolute atomic E-state index is 0.0850. The first kappa shape index (κ1) is 21.6. The first-order valence-electron chi connectivity index (χ1n) is 8.91. The molecule has 1 amide bonds. The van der Waals surface area contributed by atoms with Gasteiger partial charge >= 0.3 is 0 Å². The minimum atomic E-state index is -3.70. The quantitative estimate of drug-likeness (QED) is 0.623. The molecule has 1 saturated heterocycles. The standard InChI is InChI=1S/C20H20Cl2N2O4S/c1-2-13-28-16-5-3-15(4-6-16)20(25)23-9-11-24(12-10-23)29(26,27)17-7-8-18(21)19(22)14-17/h2-8,14H,1,9-13H2. The summed E-state index contributed by atoms with van der Waals surface area (Å²) in [6.45, 7) is 4.99. The summed E-state index contributed by atoms with van der Waals surface area (Å²) in [5, 5.41) is 0.476. The number of rotatable bonds is 6. The molecule has 2 aromatic carbocycles.